The minimum atomic E-state index is -0.910. The molecule has 2 fully saturated rings. The Balaban J connectivity index is 1.70. The first-order valence-corrected chi connectivity index (χ1v) is 7.09. The van der Waals surface area contributed by atoms with Gasteiger partial charge >= 0.3 is 0 Å². The van der Waals surface area contributed by atoms with Gasteiger partial charge in [0.25, 0.3) is 0 Å². The lowest BCUT2D eigenvalue weighted by molar-refractivity contribution is 0.300. The van der Waals surface area contributed by atoms with Gasteiger partial charge in [-0.1, -0.05) is 6.07 Å². The summed E-state index contributed by atoms with van der Waals surface area (Å²) in [6.45, 7) is 2.05. The minimum absolute atomic E-state index is 0.0553. The molecule has 2 aliphatic rings. The lowest BCUT2D eigenvalue weighted by Crippen LogP contribution is -2.30. The first kappa shape index (κ1) is 13.8. The molecule has 1 saturated carbocycles. The molecule has 0 bridgehead atoms. The molecule has 1 aliphatic heterocycles. The van der Waals surface area contributed by atoms with E-state index in [1.54, 1.807) is 6.07 Å². The van der Waals surface area contributed by atoms with Crippen LogP contribution in [0.1, 0.15) is 18.4 Å². The highest BCUT2D eigenvalue weighted by molar-refractivity contribution is 5.31. The lowest BCUT2D eigenvalue weighted by atomic mass is 9.99. The van der Waals surface area contributed by atoms with Crippen molar-refractivity contribution in [3.8, 4) is 5.75 Å². The zero-order valence-electron chi connectivity index (χ0n) is 11.6. The maximum absolute atomic E-state index is 14.0. The van der Waals surface area contributed by atoms with Gasteiger partial charge in [-0.2, -0.15) is 4.39 Å². The molecule has 0 unspecified atom stereocenters. The number of nitrogens with zero attached hydrogens (tertiary/aromatic N) is 1. The van der Waals surface area contributed by atoms with Gasteiger partial charge in [-0.05, 0) is 30.7 Å². The van der Waals surface area contributed by atoms with Gasteiger partial charge in [-0.15, -0.1) is 0 Å². The van der Waals surface area contributed by atoms with E-state index in [9.17, 15) is 8.78 Å². The summed E-state index contributed by atoms with van der Waals surface area (Å²) in [6, 6.07) is 3.23. The van der Waals surface area contributed by atoms with E-state index in [0.717, 1.165) is 19.0 Å². The van der Waals surface area contributed by atoms with Gasteiger partial charge in [-0.25, -0.2) is 4.39 Å². The molecule has 110 valence electrons. The van der Waals surface area contributed by atoms with E-state index in [0.29, 0.717) is 18.0 Å². The standard InChI is InChI=1S/C15H20F2N2O/c1-20-13-5-4-10(14(16)15(13)17)6-19-7-11(9-2-3-9)12(18)8-19/h4-5,9,11-12H,2-3,6-8,18H2,1H3/t11-,12+/m0/s1. The quantitative estimate of drug-likeness (QED) is 0.919. The maximum Gasteiger partial charge on any atom is 0.200 e. The van der Waals surface area contributed by atoms with E-state index >= 15 is 0 Å². The summed E-state index contributed by atoms with van der Waals surface area (Å²) >= 11 is 0. The number of benzene rings is 1. The molecule has 0 amide bonds. The first-order valence-electron chi connectivity index (χ1n) is 7.09. The van der Waals surface area contributed by atoms with Crippen LogP contribution in [0.5, 0.6) is 5.75 Å². The third kappa shape index (κ3) is 2.52. The number of rotatable bonds is 4. The molecule has 1 aromatic carbocycles. The van der Waals surface area contributed by atoms with E-state index in [1.807, 2.05) is 0 Å². The summed E-state index contributed by atoms with van der Waals surface area (Å²) in [4.78, 5) is 2.12. The van der Waals surface area contributed by atoms with Crippen molar-refractivity contribution >= 4 is 0 Å². The van der Waals surface area contributed by atoms with Crippen LogP contribution in [0, 0.1) is 23.5 Å². The lowest BCUT2D eigenvalue weighted by Gasteiger charge is -2.17. The van der Waals surface area contributed by atoms with E-state index in [2.05, 4.69) is 4.90 Å². The second-order valence-corrected chi connectivity index (χ2v) is 5.91. The van der Waals surface area contributed by atoms with Crippen LogP contribution in [0.2, 0.25) is 0 Å². The van der Waals surface area contributed by atoms with E-state index in [-0.39, 0.29) is 11.8 Å². The van der Waals surface area contributed by atoms with Gasteiger partial charge in [0, 0.05) is 31.2 Å². The van der Waals surface area contributed by atoms with Gasteiger partial charge in [0.2, 0.25) is 5.82 Å². The Bertz CT molecular complexity index is 505. The summed E-state index contributed by atoms with van der Waals surface area (Å²) in [5.41, 5.74) is 6.52. The molecule has 20 heavy (non-hydrogen) atoms. The molecule has 3 nitrogen and oxygen atoms in total. The molecule has 1 saturated heterocycles. The van der Waals surface area contributed by atoms with Crippen molar-refractivity contribution in [2.45, 2.75) is 25.4 Å². The number of nitrogens with two attached hydrogens (primary N) is 1. The van der Waals surface area contributed by atoms with Gasteiger partial charge in [0.1, 0.15) is 0 Å². The average molecular weight is 282 g/mol. The van der Waals surface area contributed by atoms with E-state index in [4.69, 9.17) is 10.5 Å². The topological polar surface area (TPSA) is 38.5 Å². The summed E-state index contributed by atoms with van der Waals surface area (Å²) in [7, 11) is 1.33. The minimum Gasteiger partial charge on any atom is -0.494 e. The fourth-order valence-corrected chi connectivity index (χ4v) is 3.19. The summed E-state index contributed by atoms with van der Waals surface area (Å²) in [6.07, 6.45) is 2.52. The van der Waals surface area contributed by atoms with Gasteiger partial charge < -0.3 is 10.5 Å². The smallest absolute Gasteiger partial charge is 0.200 e. The van der Waals surface area contributed by atoms with Crippen molar-refractivity contribution in [1.82, 2.24) is 4.90 Å². The van der Waals surface area contributed by atoms with Crippen LogP contribution in [-0.2, 0) is 6.54 Å². The fourth-order valence-electron chi connectivity index (χ4n) is 3.19. The highest BCUT2D eigenvalue weighted by Crippen LogP contribution is 2.41. The van der Waals surface area contributed by atoms with E-state index in [1.165, 1.54) is 26.0 Å². The fraction of sp³-hybridized carbons (Fsp3) is 0.600. The monoisotopic (exact) mass is 282 g/mol. The molecule has 2 atom stereocenters. The number of methoxy groups -OCH3 is 1. The Morgan fingerprint density at radius 1 is 1.25 bits per heavy atom. The molecular weight excluding hydrogens is 262 g/mol. The molecular formula is C15H20F2N2O. The van der Waals surface area contributed by atoms with Crippen molar-refractivity contribution in [2.24, 2.45) is 17.6 Å². The maximum atomic E-state index is 14.0. The van der Waals surface area contributed by atoms with Crippen LogP contribution in [0.25, 0.3) is 0 Å². The molecule has 0 spiro atoms. The molecule has 0 radical (unpaired) electrons. The third-order valence-electron chi connectivity index (χ3n) is 4.46. The Kier molecular flexibility index (Phi) is 3.65. The number of hydrogen-bond donors (Lipinski definition) is 1. The molecule has 1 heterocycles. The number of halogens is 2. The van der Waals surface area contributed by atoms with Gasteiger partial charge in [0.15, 0.2) is 11.6 Å². The van der Waals surface area contributed by atoms with Crippen LogP contribution >= 0.6 is 0 Å². The number of ether oxygens (including phenoxy) is 1. The highest BCUT2D eigenvalue weighted by atomic mass is 19.2. The van der Waals surface area contributed by atoms with Crippen molar-refractivity contribution in [2.75, 3.05) is 20.2 Å². The second-order valence-electron chi connectivity index (χ2n) is 5.91. The van der Waals surface area contributed by atoms with Crippen LogP contribution < -0.4 is 10.5 Å². The van der Waals surface area contributed by atoms with Crippen molar-refractivity contribution in [3.05, 3.63) is 29.3 Å². The Hall–Kier alpha value is -1.20. The summed E-state index contributed by atoms with van der Waals surface area (Å²) in [5, 5.41) is 0. The van der Waals surface area contributed by atoms with Crippen LogP contribution in [0.4, 0.5) is 8.78 Å². The Morgan fingerprint density at radius 3 is 2.65 bits per heavy atom. The summed E-state index contributed by atoms with van der Waals surface area (Å²) < 4.78 is 32.4. The Labute approximate surface area is 117 Å². The SMILES string of the molecule is COc1ccc(CN2C[C@@H](N)[C@H](C3CC3)C2)c(F)c1F. The number of likely N-dealkylation sites (tertiary alicyclic amines) is 1. The number of hydrogen-bond acceptors (Lipinski definition) is 3. The molecule has 1 aromatic rings. The van der Waals surface area contributed by atoms with Crippen LogP contribution in [0.15, 0.2) is 12.1 Å². The third-order valence-corrected chi connectivity index (χ3v) is 4.46. The van der Waals surface area contributed by atoms with Crippen molar-refractivity contribution in [1.29, 1.82) is 0 Å². The second kappa shape index (κ2) is 5.30. The van der Waals surface area contributed by atoms with Gasteiger partial charge in [-0.3, -0.25) is 4.90 Å². The van der Waals surface area contributed by atoms with Gasteiger partial charge in [0.05, 0.1) is 7.11 Å². The summed E-state index contributed by atoms with van der Waals surface area (Å²) in [5.74, 6) is -0.520. The Morgan fingerprint density at radius 2 is 2.00 bits per heavy atom. The molecule has 1 aliphatic carbocycles. The van der Waals surface area contributed by atoms with Crippen LogP contribution in [-0.4, -0.2) is 31.1 Å². The van der Waals surface area contributed by atoms with Crippen molar-refractivity contribution < 1.29 is 13.5 Å². The van der Waals surface area contributed by atoms with Crippen molar-refractivity contribution in [3.63, 3.8) is 0 Å². The zero-order chi connectivity index (χ0) is 14.3. The van der Waals surface area contributed by atoms with E-state index < -0.39 is 11.6 Å². The normalized spacial score (nSPS) is 27.0. The first-order chi connectivity index (χ1) is 9.60. The molecule has 5 heteroatoms. The molecule has 2 N–H and O–H groups in total. The predicted octanol–water partition coefficient (Wildman–Crippen LogP) is 2.14. The zero-order valence-corrected chi connectivity index (χ0v) is 11.6. The average Bonchev–Trinajstić information content (AvgIpc) is 3.20. The molecule has 3 rings (SSSR count). The molecule has 0 aromatic heterocycles. The highest BCUT2D eigenvalue weighted by Gasteiger charge is 2.40. The largest absolute Gasteiger partial charge is 0.494 e. The predicted molar refractivity (Wildman–Crippen MR) is 72.4 cm³/mol. The van der Waals surface area contributed by atoms with Crippen LogP contribution in [0.3, 0.4) is 0 Å².